The van der Waals surface area contributed by atoms with E-state index < -0.39 is 26.7 Å². The Kier molecular flexibility index (Phi) is 6.94. The van der Waals surface area contributed by atoms with Crippen molar-refractivity contribution in [3.05, 3.63) is 65.2 Å². The fourth-order valence-electron chi connectivity index (χ4n) is 4.25. The van der Waals surface area contributed by atoms with Gasteiger partial charge in [-0.3, -0.25) is 4.79 Å². The largest absolute Gasteiger partial charge is 0.417 e. The molecular formula is C23H24F3N3O4S. The molecule has 0 saturated carbocycles. The lowest BCUT2D eigenvalue weighted by atomic mass is 10.1. The van der Waals surface area contributed by atoms with Crippen LogP contribution in [0.25, 0.3) is 0 Å². The highest BCUT2D eigenvalue weighted by atomic mass is 32.2. The van der Waals surface area contributed by atoms with Crippen molar-refractivity contribution in [1.82, 2.24) is 9.62 Å². The van der Waals surface area contributed by atoms with Crippen LogP contribution in [-0.4, -0.2) is 50.1 Å². The molecule has 1 heterocycles. The Morgan fingerprint density at radius 3 is 2.24 bits per heavy atom. The summed E-state index contributed by atoms with van der Waals surface area (Å²) in [6, 6.07) is 12.2. The Labute approximate surface area is 195 Å². The number of fused-ring (bicyclic) bond motifs is 1. The van der Waals surface area contributed by atoms with Crippen molar-refractivity contribution in [3.63, 3.8) is 0 Å². The molecule has 0 radical (unpaired) electrons. The molecule has 2 aliphatic rings. The first kappa shape index (κ1) is 24.2. The van der Waals surface area contributed by atoms with Crippen molar-refractivity contribution in [2.75, 3.05) is 19.7 Å². The average Bonchev–Trinajstić information content (AvgIpc) is 3.21. The number of oxime groups is 1. The number of sulfonamides is 1. The number of nitrogens with zero attached hydrogens (tertiary/aromatic N) is 2. The summed E-state index contributed by atoms with van der Waals surface area (Å²) in [7, 11) is -4.32. The van der Waals surface area contributed by atoms with Crippen molar-refractivity contribution < 1.29 is 31.2 Å². The smallest absolute Gasteiger partial charge is 0.386 e. The van der Waals surface area contributed by atoms with Crippen LogP contribution in [0.4, 0.5) is 13.2 Å². The Balaban J connectivity index is 1.27. The molecular weight excluding hydrogens is 471 g/mol. The first-order valence-corrected chi connectivity index (χ1v) is 12.3. The van der Waals surface area contributed by atoms with Crippen LogP contribution in [0, 0.1) is 0 Å². The van der Waals surface area contributed by atoms with Gasteiger partial charge in [0.25, 0.3) is 5.91 Å². The summed E-state index contributed by atoms with van der Waals surface area (Å²) in [5, 5.41) is 6.85. The number of carbonyl (C=O) groups excluding carboxylic acids is 1. The maximum Gasteiger partial charge on any atom is 0.417 e. The highest BCUT2D eigenvalue weighted by Crippen LogP contribution is 2.35. The summed E-state index contributed by atoms with van der Waals surface area (Å²) in [5.74, 6) is -0.300. The molecule has 0 atom stereocenters. The molecule has 1 aliphatic heterocycles. The van der Waals surface area contributed by atoms with Crippen molar-refractivity contribution in [2.45, 2.75) is 42.8 Å². The predicted octanol–water partition coefficient (Wildman–Crippen LogP) is 3.15. The van der Waals surface area contributed by atoms with Crippen LogP contribution in [0.5, 0.6) is 0 Å². The lowest BCUT2D eigenvalue weighted by Crippen LogP contribution is -2.39. The molecule has 2 aromatic carbocycles. The van der Waals surface area contributed by atoms with Crippen molar-refractivity contribution in [3.8, 4) is 0 Å². The van der Waals surface area contributed by atoms with Crippen LogP contribution in [0.1, 0.15) is 29.5 Å². The van der Waals surface area contributed by atoms with Gasteiger partial charge in [0, 0.05) is 32.0 Å². The molecule has 11 heteroatoms. The van der Waals surface area contributed by atoms with Crippen LogP contribution in [0.2, 0.25) is 0 Å². The minimum absolute atomic E-state index is 0.00849. The van der Waals surface area contributed by atoms with Gasteiger partial charge in [0.15, 0.2) is 6.61 Å². The SMILES string of the molecule is O=C(CON=C1CCN(S(=O)(=O)c2ccccc2C(F)(F)F)CC1)NC1Cc2ccccc2C1. The van der Waals surface area contributed by atoms with Crippen LogP contribution in [0.15, 0.2) is 58.6 Å². The molecule has 1 N–H and O–H groups in total. The molecule has 1 fully saturated rings. The first-order chi connectivity index (χ1) is 16.1. The second-order valence-electron chi connectivity index (χ2n) is 8.27. The van der Waals surface area contributed by atoms with Crippen LogP contribution >= 0.6 is 0 Å². The topological polar surface area (TPSA) is 88.1 Å². The molecule has 2 aromatic rings. The predicted molar refractivity (Wildman–Crippen MR) is 119 cm³/mol. The minimum atomic E-state index is -4.78. The van der Waals surface area contributed by atoms with Crippen LogP contribution in [0.3, 0.4) is 0 Å². The van der Waals surface area contributed by atoms with Gasteiger partial charge in [-0.25, -0.2) is 8.42 Å². The van der Waals surface area contributed by atoms with Gasteiger partial charge in [0.1, 0.15) is 0 Å². The summed E-state index contributed by atoms with van der Waals surface area (Å²) in [4.78, 5) is 16.6. The molecule has 0 bridgehead atoms. The number of hydrogen-bond donors (Lipinski definition) is 1. The monoisotopic (exact) mass is 495 g/mol. The van der Waals surface area contributed by atoms with Crippen molar-refractivity contribution in [2.24, 2.45) is 5.16 Å². The number of carbonyl (C=O) groups is 1. The summed E-state index contributed by atoms with van der Waals surface area (Å²) < 4.78 is 66.4. The molecule has 0 unspecified atom stereocenters. The minimum Gasteiger partial charge on any atom is -0.386 e. The van der Waals surface area contributed by atoms with E-state index in [2.05, 4.69) is 10.5 Å². The van der Waals surface area contributed by atoms with Gasteiger partial charge >= 0.3 is 6.18 Å². The number of halogens is 3. The number of benzene rings is 2. The lowest BCUT2D eigenvalue weighted by Gasteiger charge is -2.27. The van der Waals surface area contributed by atoms with E-state index in [4.69, 9.17) is 4.84 Å². The Morgan fingerprint density at radius 1 is 1.03 bits per heavy atom. The second kappa shape index (κ2) is 9.75. The van der Waals surface area contributed by atoms with E-state index in [0.717, 1.165) is 35.3 Å². The number of piperidine rings is 1. The average molecular weight is 496 g/mol. The maximum absolute atomic E-state index is 13.3. The van der Waals surface area contributed by atoms with Crippen LogP contribution in [-0.2, 0) is 38.7 Å². The summed E-state index contributed by atoms with van der Waals surface area (Å²) in [6.45, 7) is -0.316. The maximum atomic E-state index is 13.3. The summed E-state index contributed by atoms with van der Waals surface area (Å²) in [5.41, 5.74) is 1.80. The zero-order valence-corrected chi connectivity index (χ0v) is 19.0. The molecule has 0 spiro atoms. The zero-order chi connectivity index (χ0) is 24.3. The number of amides is 1. The van der Waals surface area contributed by atoms with E-state index in [1.54, 1.807) is 0 Å². The third kappa shape index (κ3) is 5.41. The van der Waals surface area contributed by atoms with Gasteiger partial charge in [0.2, 0.25) is 10.0 Å². The number of nitrogens with one attached hydrogen (secondary N) is 1. The molecule has 4 rings (SSSR count). The van der Waals surface area contributed by atoms with Crippen LogP contribution < -0.4 is 5.32 Å². The molecule has 1 amide bonds. The molecule has 7 nitrogen and oxygen atoms in total. The highest BCUT2D eigenvalue weighted by Gasteiger charge is 2.39. The van der Waals surface area contributed by atoms with E-state index in [1.165, 1.54) is 17.2 Å². The van der Waals surface area contributed by atoms with E-state index in [1.807, 2.05) is 24.3 Å². The van der Waals surface area contributed by atoms with Gasteiger partial charge < -0.3 is 10.2 Å². The fraction of sp³-hybridized carbons (Fsp3) is 0.391. The molecule has 1 aliphatic carbocycles. The van der Waals surface area contributed by atoms with Gasteiger partial charge in [0.05, 0.1) is 16.2 Å². The van der Waals surface area contributed by atoms with E-state index in [9.17, 15) is 26.4 Å². The molecule has 1 saturated heterocycles. The van der Waals surface area contributed by atoms with Gasteiger partial charge in [-0.15, -0.1) is 0 Å². The van der Waals surface area contributed by atoms with E-state index in [0.29, 0.717) is 5.71 Å². The van der Waals surface area contributed by atoms with E-state index >= 15 is 0 Å². The standard InChI is InChI=1S/C23H24F3N3O4S/c24-23(25,26)20-7-3-4-8-21(20)34(31,32)29-11-9-18(10-12-29)28-33-15-22(30)27-19-13-16-5-1-2-6-17(16)14-19/h1-8,19H,9-15H2,(H,27,30). The van der Waals surface area contributed by atoms with Gasteiger partial charge in [-0.2, -0.15) is 17.5 Å². The molecule has 0 aromatic heterocycles. The third-order valence-corrected chi connectivity index (χ3v) is 7.87. The Bertz CT molecular complexity index is 1160. The Hall–Kier alpha value is -2.92. The van der Waals surface area contributed by atoms with Gasteiger partial charge in [-0.1, -0.05) is 41.6 Å². The second-order valence-corrected chi connectivity index (χ2v) is 10.2. The van der Waals surface area contributed by atoms with E-state index in [-0.39, 0.29) is 44.5 Å². The quantitative estimate of drug-likeness (QED) is 0.624. The van der Waals surface area contributed by atoms with Crippen molar-refractivity contribution in [1.29, 1.82) is 0 Å². The number of alkyl halides is 3. The number of hydrogen-bond acceptors (Lipinski definition) is 5. The molecule has 34 heavy (non-hydrogen) atoms. The fourth-order valence-corrected chi connectivity index (χ4v) is 5.91. The van der Waals surface area contributed by atoms with Gasteiger partial charge in [-0.05, 0) is 36.1 Å². The normalized spacial score (nSPS) is 17.3. The highest BCUT2D eigenvalue weighted by molar-refractivity contribution is 7.89. The van der Waals surface area contributed by atoms with Crippen molar-refractivity contribution >= 4 is 21.6 Å². The summed E-state index contributed by atoms with van der Waals surface area (Å²) in [6.07, 6.45) is -2.85. The lowest BCUT2D eigenvalue weighted by molar-refractivity contribution is -0.140. The Morgan fingerprint density at radius 2 is 1.62 bits per heavy atom. The number of rotatable bonds is 6. The first-order valence-electron chi connectivity index (χ1n) is 10.8. The summed E-state index contributed by atoms with van der Waals surface area (Å²) >= 11 is 0. The molecule has 182 valence electrons. The third-order valence-electron chi connectivity index (χ3n) is 5.92. The zero-order valence-electron chi connectivity index (χ0n) is 18.2.